The summed E-state index contributed by atoms with van der Waals surface area (Å²) in [6, 6.07) is 6.10. The van der Waals surface area contributed by atoms with Crippen LogP contribution >= 0.6 is 12.2 Å². The fraction of sp³-hybridized carbons (Fsp3) is 0.579. The van der Waals surface area contributed by atoms with Crippen molar-refractivity contribution in [3.05, 3.63) is 29.3 Å². The van der Waals surface area contributed by atoms with Gasteiger partial charge in [-0.2, -0.15) is 5.10 Å². The topological polar surface area (TPSA) is 59.9 Å². The number of aromatic hydroxyl groups is 1. The summed E-state index contributed by atoms with van der Waals surface area (Å²) in [5, 5.41) is 18.4. The molecule has 25 heavy (non-hydrogen) atoms. The van der Waals surface area contributed by atoms with Gasteiger partial charge in [0.2, 0.25) is 0 Å². The highest BCUT2D eigenvalue weighted by atomic mass is 32.1. The summed E-state index contributed by atoms with van der Waals surface area (Å²) >= 11 is 5.32. The number of nitrogens with one attached hydrogen (secondary N) is 2. The number of hydrazone groups is 1. The fourth-order valence-corrected chi connectivity index (χ4v) is 3.32. The van der Waals surface area contributed by atoms with Crippen LogP contribution in [-0.4, -0.2) is 40.0 Å². The Labute approximate surface area is 156 Å². The molecule has 1 aromatic rings. The number of hydrogen-bond acceptors (Lipinski definition) is 4. The van der Waals surface area contributed by atoms with E-state index in [0.717, 1.165) is 36.5 Å². The van der Waals surface area contributed by atoms with Crippen LogP contribution < -0.4 is 10.7 Å². The molecule has 0 unspecified atom stereocenters. The highest BCUT2D eigenvalue weighted by Gasteiger charge is 2.15. The Kier molecular flexibility index (Phi) is 7.65. The molecule has 1 saturated carbocycles. The van der Waals surface area contributed by atoms with E-state index >= 15 is 0 Å². The number of thiocarbonyl (C=S) groups is 1. The van der Waals surface area contributed by atoms with E-state index < -0.39 is 0 Å². The quantitative estimate of drug-likeness (QED) is 0.394. The van der Waals surface area contributed by atoms with Crippen molar-refractivity contribution in [1.29, 1.82) is 0 Å². The first-order valence-corrected chi connectivity index (χ1v) is 9.59. The third-order valence-corrected chi connectivity index (χ3v) is 5.01. The molecule has 5 nitrogen and oxygen atoms in total. The molecule has 6 heteroatoms. The van der Waals surface area contributed by atoms with Crippen LogP contribution in [0.25, 0.3) is 0 Å². The Hall–Kier alpha value is -1.66. The molecule has 1 aliphatic carbocycles. The largest absolute Gasteiger partial charge is 0.508 e. The third kappa shape index (κ3) is 5.97. The van der Waals surface area contributed by atoms with Gasteiger partial charge in [0, 0.05) is 18.2 Å². The van der Waals surface area contributed by atoms with E-state index in [0.29, 0.717) is 16.9 Å². The second-order valence-corrected chi connectivity index (χ2v) is 6.98. The lowest BCUT2D eigenvalue weighted by atomic mass is 10.1. The second kappa shape index (κ2) is 9.73. The van der Waals surface area contributed by atoms with Crippen LogP contribution in [0.3, 0.4) is 0 Å². The molecule has 0 bridgehead atoms. The van der Waals surface area contributed by atoms with Gasteiger partial charge in [-0.25, -0.2) is 0 Å². The Bertz CT molecular complexity index is 607. The molecule has 0 amide bonds. The molecule has 3 N–H and O–H groups in total. The van der Waals surface area contributed by atoms with Gasteiger partial charge in [-0.15, -0.1) is 0 Å². The van der Waals surface area contributed by atoms with Crippen molar-refractivity contribution < 1.29 is 5.11 Å². The summed E-state index contributed by atoms with van der Waals surface area (Å²) < 4.78 is 0. The maximum atomic E-state index is 10.1. The Morgan fingerprint density at radius 3 is 2.60 bits per heavy atom. The number of phenolic OH excluding ortho intramolecular Hbond substituents is 1. The predicted octanol–water partition coefficient (Wildman–Crippen LogP) is 3.36. The van der Waals surface area contributed by atoms with Gasteiger partial charge in [0.25, 0.3) is 0 Å². The fourth-order valence-electron chi connectivity index (χ4n) is 3.11. The van der Waals surface area contributed by atoms with Gasteiger partial charge in [-0.1, -0.05) is 26.7 Å². The first-order valence-electron chi connectivity index (χ1n) is 9.18. The van der Waals surface area contributed by atoms with Crippen LogP contribution in [0.5, 0.6) is 5.75 Å². The van der Waals surface area contributed by atoms with E-state index in [1.807, 2.05) is 19.1 Å². The minimum absolute atomic E-state index is 0.329. The summed E-state index contributed by atoms with van der Waals surface area (Å²) in [6.07, 6.45) is 4.89. The third-order valence-electron chi connectivity index (χ3n) is 4.80. The summed E-state index contributed by atoms with van der Waals surface area (Å²) in [4.78, 5) is 2.27. The van der Waals surface area contributed by atoms with Crippen LogP contribution in [0.2, 0.25) is 0 Å². The number of nitrogens with zero attached hydrogens (tertiary/aromatic N) is 2. The molecule has 0 saturated heterocycles. The van der Waals surface area contributed by atoms with Crippen molar-refractivity contribution in [2.75, 3.05) is 13.1 Å². The van der Waals surface area contributed by atoms with Crippen molar-refractivity contribution in [3.63, 3.8) is 0 Å². The maximum Gasteiger partial charge on any atom is 0.187 e. The van der Waals surface area contributed by atoms with Crippen LogP contribution in [0.1, 0.15) is 57.6 Å². The van der Waals surface area contributed by atoms with E-state index in [1.54, 1.807) is 6.07 Å². The van der Waals surface area contributed by atoms with Gasteiger partial charge in [0.1, 0.15) is 5.75 Å². The van der Waals surface area contributed by atoms with Crippen molar-refractivity contribution in [1.82, 2.24) is 15.6 Å². The van der Waals surface area contributed by atoms with Crippen molar-refractivity contribution in [2.24, 2.45) is 5.10 Å². The molecule has 1 aromatic carbocycles. The van der Waals surface area contributed by atoms with Gasteiger partial charge in [0.05, 0.1) is 5.71 Å². The van der Waals surface area contributed by atoms with E-state index in [9.17, 15) is 5.11 Å². The van der Waals surface area contributed by atoms with Gasteiger partial charge in [-0.05, 0) is 68.8 Å². The first-order chi connectivity index (χ1) is 12.0. The van der Waals surface area contributed by atoms with Crippen molar-refractivity contribution in [3.8, 4) is 5.75 Å². The number of benzene rings is 1. The minimum Gasteiger partial charge on any atom is -0.508 e. The summed E-state index contributed by atoms with van der Waals surface area (Å²) in [5.41, 5.74) is 5.69. The van der Waals surface area contributed by atoms with Crippen LogP contribution in [-0.2, 0) is 6.54 Å². The predicted molar refractivity (Wildman–Crippen MR) is 108 cm³/mol. The zero-order valence-electron chi connectivity index (χ0n) is 15.5. The SMILES string of the molecule is CCN(CC)Cc1cc(/C(C)=N/NC(=S)NC2CCCC2)ccc1O. The molecule has 138 valence electrons. The highest BCUT2D eigenvalue weighted by molar-refractivity contribution is 7.80. The van der Waals surface area contributed by atoms with Crippen LogP contribution in [0.15, 0.2) is 23.3 Å². The molecule has 0 radical (unpaired) electrons. The van der Waals surface area contributed by atoms with Crippen LogP contribution in [0.4, 0.5) is 0 Å². The molecule has 0 spiro atoms. The lowest BCUT2D eigenvalue weighted by Gasteiger charge is -2.19. The Morgan fingerprint density at radius 2 is 1.96 bits per heavy atom. The average molecular weight is 363 g/mol. The molecule has 2 rings (SSSR count). The zero-order chi connectivity index (χ0) is 18.2. The molecule has 1 aliphatic rings. The number of phenols is 1. The molecule has 1 fully saturated rings. The normalized spacial score (nSPS) is 15.6. The van der Waals surface area contributed by atoms with E-state index in [2.05, 4.69) is 34.6 Å². The standard InChI is InChI=1S/C19H30N4OS/c1-4-23(5-2)13-16-12-15(10-11-18(16)24)14(3)21-22-19(25)20-17-8-6-7-9-17/h10-12,17,24H,4-9,13H2,1-3H3,(H2,20,22,25)/b21-14+. The van der Waals surface area contributed by atoms with Crippen molar-refractivity contribution >= 4 is 23.0 Å². The molecular weight excluding hydrogens is 332 g/mol. The minimum atomic E-state index is 0.329. The lowest BCUT2D eigenvalue weighted by Crippen LogP contribution is -2.38. The van der Waals surface area contributed by atoms with Gasteiger partial charge >= 0.3 is 0 Å². The van der Waals surface area contributed by atoms with Crippen molar-refractivity contribution in [2.45, 2.75) is 59.0 Å². The molecule has 0 atom stereocenters. The first kappa shape index (κ1) is 19.7. The summed E-state index contributed by atoms with van der Waals surface area (Å²) in [5.74, 6) is 0.329. The summed E-state index contributed by atoms with van der Waals surface area (Å²) in [7, 11) is 0. The van der Waals surface area contributed by atoms with E-state index in [-0.39, 0.29) is 0 Å². The van der Waals surface area contributed by atoms with Gasteiger partial charge in [0.15, 0.2) is 5.11 Å². The van der Waals surface area contributed by atoms with E-state index in [1.165, 1.54) is 25.7 Å². The molecule has 0 heterocycles. The Morgan fingerprint density at radius 1 is 1.28 bits per heavy atom. The summed E-state index contributed by atoms with van der Waals surface area (Å²) in [6.45, 7) is 8.83. The zero-order valence-corrected chi connectivity index (χ0v) is 16.3. The van der Waals surface area contributed by atoms with E-state index in [4.69, 9.17) is 12.2 Å². The molecule has 0 aromatic heterocycles. The smallest absolute Gasteiger partial charge is 0.187 e. The number of hydrogen-bond donors (Lipinski definition) is 3. The Balaban J connectivity index is 1.99. The average Bonchev–Trinajstić information content (AvgIpc) is 3.11. The lowest BCUT2D eigenvalue weighted by molar-refractivity contribution is 0.291. The molecule has 0 aliphatic heterocycles. The highest BCUT2D eigenvalue weighted by Crippen LogP contribution is 2.21. The van der Waals surface area contributed by atoms with Crippen LogP contribution in [0, 0.1) is 0 Å². The van der Waals surface area contributed by atoms with Gasteiger partial charge < -0.3 is 10.4 Å². The molecular formula is C19H30N4OS. The second-order valence-electron chi connectivity index (χ2n) is 6.57. The monoisotopic (exact) mass is 362 g/mol. The van der Waals surface area contributed by atoms with Gasteiger partial charge in [-0.3, -0.25) is 10.3 Å². The maximum absolute atomic E-state index is 10.1. The number of rotatable bonds is 7.